The Kier molecular flexibility index (Phi) is 3.65. The van der Waals surface area contributed by atoms with Gasteiger partial charge in [0.25, 0.3) is 0 Å². The van der Waals surface area contributed by atoms with Crippen LogP contribution >= 0.6 is 11.6 Å². The van der Waals surface area contributed by atoms with Gasteiger partial charge in [0.1, 0.15) is 6.26 Å². The van der Waals surface area contributed by atoms with E-state index >= 15 is 0 Å². The molecule has 66 valence electrons. The smallest absolute Gasteiger partial charge is 0.872 e. The van der Waals surface area contributed by atoms with Crippen molar-refractivity contribution in [3.63, 3.8) is 0 Å². The third-order valence-corrected chi connectivity index (χ3v) is 1.84. The maximum Gasteiger partial charge on any atom is 1.00 e. The fourth-order valence-electron chi connectivity index (χ4n) is 1.03. The average molecular weight is 202 g/mol. The average Bonchev–Trinajstić information content (AvgIpc) is 2.56. The van der Waals surface area contributed by atoms with E-state index in [-0.39, 0.29) is 24.6 Å². The Bertz CT molecular complexity index is 417. The van der Waals surface area contributed by atoms with E-state index in [4.69, 9.17) is 16.0 Å². The minimum atomic E-state index is -0.185. The quantitative estimate of drug-likeness (QED) is 0.561. The van der Waals surface area contributed by atoms with Crippen molar-refractivity contribution in [2.75, 3.05) is 0 Å². The number of oxazole rings is 1. The first-order valence-electron chi connectivity index (χ1n) is 3.64. The predicted molar refractivity (Wildman–Crippen MR) is 46.4 cm³/mol. The van der Waals surface area contributed by atoms with Crippen molar-refractivity contribution in [2.45, 2.75) is 0 Å². The molecule has 0 spiro atoms. The van der Waals surface area contributed by atoms with Crippen molar-refractivity contribution in [3.8, 4) is 17.2 Å². The molecule has 0 aliphatic heterocycles. The monoisotopic (exact) mass is 201 g/mol. The van der Waals surface area contributed by atoms with E-state index in [0.717, 1.165) is 0 Å². The summed E-state index contributed by atoms with van der Waals surface area (Å²) in [6.45, 7) is 0. The second-order valence-corrected chi connectivity index (χ2v) is 2.91. The van der Waals surface area contributed by atoms with Gasteiger partial charge in [-0.25, -0.2) is 4.98 Å². The molecule has 1 heterocycles. The summed E-state index contributed by atoms with van der Waals surface area (Å²) in [5.41, 5.74) is 0.425. The van der Waals surface area contributed by atoms with Crippen LogP contribution in [0.5, 0.6) is 5.75 Å². The number of benzene rings is 1. The summed E-state index contributed by atoms with van der Waals surface area (Å²) in [5.74, 6) is 0.136. The molecule has 0 aliphatic rings. The number of hydrogen-bond donors (Lipinski definition) is 0. The zero-order valence-corrected chi connectivity index (χ0v) is 8.28. The second kappa shape index (κ2) is 4.56. The van der Waals surface area contributed by atoms with Gasteiger partial charge in [-0.05, 0) is 12.1 Å². The van der Waals surface area contributed by atoms with Crippen molar-refractivity contribution in [2.24, 2.45) is 0 Å². The largest absolute Gasteiger partial charge is 1.00 e. The third-order valence-electron chi connectivity index (χ3n) is 1.61. The van der Waals surface area contributed by atoms with E-state index in [1.807, 2.05) is 0 Å². The number of aromatic nitrogens is 1. The Balaban J connectivity index is 0.000000980. The van der Waals surface area contributed by atoms with E-state index < -0.39 is 0 Å². The first-order chi connectivity index (χ1) is 6.27. The van der Waals surface area contributed by atoms with Crippen LogP contribution in [0.3, 0.4) is 0 Å². The maximum atomic E-state index is 11.4. The predicted octanol–water partition coefficient (Wildman–Crippen LogP) is -0.927. The molecule has 0 radical (unpaired) electrons. The molecule has 0 atom stereocenters. The van der Waals surface area contributed by atoms with Gasteiger partial charge in [-0.15, -0.1) is 0 Å². The molecule has 2 aromatic rings. The fourth-order valence-corrected chi connectivity index (χ4v) is 1.19. The maximum absolute atomic E-state index is 11.4. The molecule has 0 saturated heterocycles. The van der Waals surface area contributed by atoms with Gasteiger partial charge in [0.2, 0.25) is 5.89 Å². The minimum absolute atomic E-state index is 0. The fraction of sp³-hybridized carbons (Fsp3) is 0. The Labute approximate surface area is 97.9 Å². The van der Waals surface area contributed by atoms with Gasteiger partial charge in [-0.3, -0.25) is 0 Å². The summed E-state index contributed by atoms with van der Waals surface area (Å²) in [5, 5.41) is 11.8. The summed E-state index contributed by atoms with van der Waals surface area (Å²) in [4.78, 5) is 3.87. The van der Waals surface area contributed by atoms with Crippen LogP contribution in [-0.2, 0) is 0 Å². The number of rotatable bonds is 1. The number of nitrogens with zero attached hydrogens (tertiary/aromatic N) is 1. The third kappa shape index (κ3) is 2.13. The normalized spacial score (nSPS) is 9.50. The van der Waals surface area contributed by atoms with Crippen molar-refractivity contribution in [1.82, 2.24) is 4.98 Å². The molecular formula is C9H5ClLiNO2. The van der Waals surface area contributed by atoms with Crippen LogP contribution in [0.2, 0.25) is 5.02 Å². The molecule has 0 bridgehead atoms. The summed E-state index contributed by atoms with van der Waals surface area (Å²) < 4.78 is 4.99. The van der Waals surface area contributed by atoms with E-state index in [9.17, 15) is 5.11 Å². The molecule has 0 unspecified atom stereocenters. The zero-order chi connectivity index (χ0) is 9.26. The molecule has 3 nitrogen and oxygen atoms in total. The molecule has 0 N–H and O–H groups in total. The van der Waals surface area contributed by atoms with E-state index in [0.29, 0.717) is 16.5 Å². The minimum Gasteiger partial charge on any atom is -0.872 e. The van der Waals surface area contributed by atoms with Crippen LogP contribution in [0.4, 0.5) is 0 Å². The van der Waals surface area contributed by atoms with Crippen LogP contribution in [0.1, 0.15) is 0 Å². The van der Waals surface area contributed by atoms with Gasteiger partial charge in [-0.2, -0.15) is 0 Å². The molecule has 0 aliphatic carbocycles. The molecule has 14 heavy (non-hydrogen) atoms. The van der Waals surface area contributed by atoms with Crippen LogP contribution in [0.25, 0.3) is 11.5 Å². The van der Waals surface area contributed by atoms with E-state index in [1.54, 1.807) is 12.1 Å². The van der Waals surface area contributed by atoms with Gasteiger partial charge < -0.3 is 9.52 Å². The van der Waals surface area contributed by atoms with E-state index in [2.05, 4.69) is 4.98 Å². The first kappa shape index (κ1) is 11.2. The Morgan fingerprint density at radius 2 is 2.14 bits per heavy atom. The Morgan fingerprint density at radius 1 is 1.36 bits per heavy atom. The number of halogens is 1. The molecular weight excluding hydrogens is 196 g/mol. The SMILES string of the molecule is [Li+].[O-]c1cc(Cl)ccc1-c1ncco1. The molecule has 1 aromatic carbocycles. The van der Waals surface area contributed by atoms with Gasteiger partial charge in [0.05, 0.1) is 6.20 Å². The second-order valence-electron chi connectivity index (χ2n) is 2.48. The van der Waals surface area contributed by atoms with Crippen LogP contribution in [0.15, 0.2) is 35.1 Å². The van der Waals surface area contributed by atoms with Crippen molar-refractivity contribution >= 4 is 11.6 Å². The van der Waals surface area contributed by atoms with Gasteiger partial charge in [-0.1, -0.05) is 23.4 Å². The van der Waals surface area contributed by atoms with Gasteiger partial charge in [0, 0.05) is 10.6 Å². The Morgan fingerprint density at radius 3 is 2.71 bits per heavy atom. The topological polar surface area (TPSA) is 49.1 Å². The summed E-state index contributed by atoms with van der Waals surface area (Å²) in [6, 6.07) is 4.56. The van der Waals surface area contributed by atoms with Crippen molar-refractivity contribution in [1.29, 1.82) is 0 Å². The molecule has 0 saturated carbocycles. The molecule has 5 heteroatoms. The van der Waals surface area contributed by atoms with E-state index in [1.165, 1.54) is 18.5 Å². The molecule has 2 rings (SSSR count). The summed E-state index contributed by atoms with van der Waals surface area (Å²) in [6.07, 6.45) is 2.91. The number of hydrogen-bond acceptors (Lipinski definition) is 3. The van der Waals surface area contributed by atoms with Gasteiger partial charge >= 0.3 is 18.9 Å². The van der Waals surface area contributed by atoms with Crippen molar-refractivity contribution < 1.29 is 28.4 Å². The first-order valence-corrected chi connectivity index (χ1v) is 4.01. The standard InChI is InChI=1S/C9H6ClNO2.Li/c10-6-1-2-7(8(12)5-6)9-11-3-4-13-9;/h1-5,12H;/q;+1/p-1. The van der Waals surface area contributed by atoms with Crippen LogP contribution in [-0.4, -0.2) is 4.98 Å². The summed E-state index contributed by atoms with van der Waals surface area (Å²) in [7, 11) is 0. The molecule has 1 aromatic heterocycles. The molecule has 0 amide bonds. The van der Waals surface area contributed by atoms with Crippen LogP contribution in [0, 0.1) is 0 Å². The Hall–Kier alpha value is -0.883. The zero-order valence-electron chi connectivity index (χ0n) is 7.53. The van der Waals surface area contributed by atoms with Crippen LogP contribution < -0.4 is 24.0 Å². The van der Waals surface area contributed by atoms with Crippen molar-refractivity contribution in [3.05, 3.63) is 35.7 Å². The van der Waals surface area contributed by atoms with Gasteiger partial charge in [0.15, 0.2) is 0 Å². The molecule has 0 fully saturated rings. The summed E-state index contributed by atoms with van der Waals surface area (Å²) >= 11 is 5.63.